The fraction of sp³-hybridized carbons (Fsp3) is 0.455. The van der Waals surface area contributed by atoms with Crippen LogP contribution >= 0.6 is 11.8 Å². The van der Waals surface area contributed by atoms with E-state index in [0.29, 0.717) is 5.56 Å². The molecule has 90 valence electrons. The molecular weight excluding hydrogens is 227 g/mol. The summed E-state index contributed by atoms with van der Waals surface area (Å²) in [4.78, 5) is 0. The first-order valence-corrected chi connectivity index (χ1v) is 6.41. The highest BCUT2D eigenvalue weighted by Gasteiger charge is 2.16. The number of nitrogens with two attached hydrogens (primary N) is 1. The van der Waals surface area contributed by atoms with Gasteiger partial charge >= 0.3 is 0 Å². The van der Waals surface area contributed by atoms with Crippen LogP contribution in [0, 0.1) is 5.82 Å². The zero-order chi connectivity index (χ0) is 12.0. The Balaban J connectivity index is 2.91. The van der Waals surface area contributed by atoms with E-state index in [4.69, 9.17) is 10.6 Å². The van der Waals surface area contributed by atoms with Crippen LogP contribution in [-0.4, -0.2) is 19.1 Å². The summed E-state index contributed by atoms with van der Waals surface area (Å²) in [5.41, 5.74) is 3.19. The summed E-state index contributed by atoms with van der Waals surface area (Å²) in [6.07, 6.45) is 2.79. The molecule has 5 heteroatoms. The summed E-state index contributed by atoms with van der Waals surface area (Å²) in [5.74, 6) is 6.27. The zero-order valence-electron chi connectivity index (χ0n) is 9.50. The Morgan fingerprint density at radius 1 is 1.56 bits per heavy atom. The van der Waals surface area contributed by atoms with Crippen LogP contribution in [0.4, 0.5) is 4.39 Å². The van der Waals surface area contributed by atoms with Crippen molar-refractivity contribution in [3.8, 4) is 5.75 Å². The standard InChI is InChI=1S/C11H17FN2OS/c1-15-10-5-3-4-8(11(10)12)9(14-13)6-7-16-2/h3-5,9,14H,6-7,13H2,1-2H3. The first kappa shape index (κ1) is 13.3. The normalized spacial score (nSPS) is 12.5. The molecule has 0 aliphatic heterocycles. The van der Waals surface area contributed by atoms with E-state index < -0.39 is 0 Å². The number of nitrogens with one attached hydrogen (secondary N) is 1. The summed E-state index contributed by atoms with van der Waals surface area (Å²) in [6, 6.07) is 4.91. The lowest BCUT2D eigenvalue weighted by molar-refractivity contribution is 0.379. The largest absolute Gasteiger partial charge is 0.494 e. The quantitative estimate of drug-likeness (QED) is 0.594. The van der Waals surface area contributed by atoms with Crippen molar-refractivity contribution < 1.29 is 9.13 Å². The molecule has 0 fully saturated rings. The van der Waals surface area contributed by atoms with E-state index >= 15 is 0 Å². The van der Waals surface area contributed by atoms with Crippen LogP contribution < -0.4 is 16.0 Å². The van der Waals surface area contributed by atoms with Crippen LogP contribution in [-0.2, 0) is 0 Å². The van der Waals surface area contributed by atoms with E-state index in [0.717, 1.165) is 12.2 Å². The van der Waals surface area contributed by atoms with E-state index in [1.165, 1.54) is 7.11 Å². The topological polar surface area (TPSA) is 47.3 Å². The smallest absolute Gasteiger partial charge is 0.169 e. The summed E-state index contributed by atoms with van der Waals surface area (Å²) in [7, 11) is 1.45. The van der Waals surface area contributed by atoms with Gasteiger partial charge in [0.1, 0.15) is 0 Å². The van der Waals surface area contributed by atoms with Gasteiger partial charge in [0.15, 0.2) is 11.6 Å². The lowest BCUT2D eigenvalue weighted by atomic mass is 10.0. The molecule has 1 rings (SSSR count). The number of hydrogen-bond acceptors (Lipinski definition) is 4. The van der Waals surface area contributed by atoms with Gasteiger partial charge in [-0.25, -0.2) is 4.39 Å². The van der Waals surface area contributed by atoms with Gasteiger partial charge in [-0.05, 0) is 24.5 Å². The van der Waals surface area contributed by atoms with Crippen molar-refractivity contribution in [3.05, 3.63) is 29.6 Å². The monoisotopic (exact) mass is 244 g/mol. The zero-order valence-corrected chi connectivity index (χ0v) is 10.3. The number of thioether (sulfide) groups is 1. The molecular formula is C11H17FN2OS. The van der Waals surface area contributed by atoms with Crippen molar-refractivity contribution in [1.29, 1.82) is 0 Å². The first-order chi connectivity index (χ1) is 7.74. The lowest BCUT2D eigenvalue weighted by Gasteiger charge is -2.17. The molecule has 3 nitrogen and oxygen atoms in total. The Bertz CT molecular complexity index is 336. The maximum atomic E-state index is 13.9. The maximum absolute atomic E-state index is 13.9. The van der Waals surface area contributed by atoms with Gasteiger partial charge < -0.3 is 4.74 Å². The second kappa shape index (κ2) is 6.73. The predicted molar refractivity (Wildman–Crippen MR) is 66.0 cm³/mol. The van der Waals surface area contributed by atoms with Crippen molar-refractivity contribution in [2.75, 3.05) is 19.1 Å². The Labute approximate surface area is 99.5 Å². The van der Waals surface area contributed by atoms with Crippen LogP contribution in [0.15, 0.2) is 18.2 Å². The van der Waals surface area contributed by atoms with Crippen LogP contribution in [0.1, 0.15) is 18.0 Å². The van der Waals surface area contributed by atoms with Gasteiger partial charge in [0, 0.05) is 11.6 Å². The number of benzene rings is 1. The number of rotatable bonds is 6. The van der Waals surface area contributed by atoms with Crippen molar-refractivity contribution >= 4 is 11.8 Å². The number of ether oxygens (including phenoxy) is 1. The Morgan fingerprint density at radius 2 is 2.31 bits per heavy atom. The molecule has 0 amide bonds. The molecule has 3 N–H and O–H groups in total. The fourth-order valence-electron chi connectivity index (χ4n) is 1.52. The highest BCUT2D eigenvalue weighted by Crippen LogP contribution is 2.26. The third kappa shape index (κ3) is 3.10. The molecule has 0 saturated carbocycles. The van der Waals surface area contributed by atoms with Gasteiger partial charge in [0.25, 0.3) is 0 Å². The van der Waals surface area contributed by atoms with Crippen molar-refractivity contribution in [2.45, 2.75) is 12.5 Å². The second-order valence-corrected chi connectivity index (χ2v) is 4.35. The second-order valence-electron chi connectivity index (χ2n) is 3.36. The van der Waals surface area contributed by atoms with E-state index in [1.54, 1.807) is 30.0 Å². The van der Waals surface area contributed by atoms with E-state index in [1.807, 2.05) is 6.26 Å². The number of halogens is 1. The Kier molecular flexibility index (Phi) is 5.59. The minimum absolute atomic E-state index is 0.178. The van der Waals surface area contributed by atoms with Crippen LogP contribution in [0.2, 0.25) is 0 Å². The summed E-state index contributed by atoms with van der Waals surface area (Å²) < 4.78 is 18.8. The minimum atomic E-state index is -0.339. The van der Waals surface area contributed by atoms with Gasteiger partial charge in [0.2, 0.25) is 0 Å². The van der Waals surface area contributed by atoms with Crippen LogP contribution in [0.5, 0.6) is 5.75 Å². The van der Waals surface area contributed by atoms with Gasteiger partial charge in [-0.15, -0.1) is 0 Å². The van der Waals surface area contributed by atoms with Gasteiger partial charge in [-0.2, -0.15) is 11.8 Å². The molecule has 16 heavy (non-hydrogen) atoms. The Hall–Kier alpha value is -0.780. The third-order valence-electron chi connectivity index (χ3n) is 2.40. The highest BCUT2D eigenvalue weighted by molar-refractivity contribution is 7.98. The third-order valence-corrected chi connectivity index (χ3v) is 3.04. The lowest BCUT2D eigenvalue weighted by Crippen LogP contribution is -2.29. The number of hydrogen-bond donors (Lipinski definition) is 2. The van der Waals surface area contributed by atoms with Crippen molar-refractivity contribution in [1.82, 2.24) is 5.43 Å². The molecule has 1 aromatic carbocycles. The number of methoxy groups -OCH3 is 1. The highest BCUT2D eigenvalue weighted by atomic mass is 32.2. The van der Waals surface area contributed by atoms with Crippen LogP contribution in [0.25, 0.3) is 0 Å². The van der Waals surface area contributed by atoms with Gasteiger partial charge in [0.05, 0.1) is 7.11 Å². The molecule has 0 spiro atoms. The molecule has 0 heterocycles. The average Bonchev–Trinajstić information content (AvgIpc) is 2.32. The maximum Gasteiger partial charge on any atom is 0.169 e. The predicted octanol–water partition coefficient (Wildman–Crippen LogP) is 2.09. The summed E-state index contributed by atoms with van der Waals surface area (Å²) >= 11 is 1.71. The molecule has 0 aliphatic rings. The SMILES string of the molecule is COc1cccc(C(CCSC)NN)c1F. The van der Waals surface area contributed by atoms with Crippen molar-refractivity contribution in [2.24, 2.45) is 5.84 Å². The van der Waals surface area contributed by atoms with Crippen LogP contribution in [0.3, 0.4) is 0 Å². The number of hydrazine groups is 1. The Morgan fingerprint density at radius 3 is 2.88 bits per heavy atom. The minimum Gasteiger partial charge on any atom is -0.494 e. The van der Waals surface area contributed by atoms with E-state index in [9.17, 15) is 4.39 Å². The molecule has 1 unspecified atom stereocenters. The molecule has 0 bridgehead atoms. The van der Waals surface area contributed by atoms with E-state index in [-0.39, 0.29) is 17.6 Å². The van der Waals surface area contributed by atoms with E-state index in [2.05, 4.69) is 5.43 Å². The van der Waals surface area contributed by atoms with Gasteiger partial charge in [-0.3, -0.25) is 11.3 Å². The first-order valence-electron chi connectivity index (χ1n) is 5.02. The molecule has 0 radical (unpaired) electrons. The molecule has 1 aromatic rings. The average molecular weight is 244 g/mol. The molecule has 0 aliphatic carbocycles. The molecule has 0 saturated heterocycles. The molecule has 1 atom stereocenters. The fourth-order valence-corrected chi connectivity index (χ4v) is 1.99. The van der Waals surface area contributed by atoms with Gasteiger partial charge in [-0.1, -0.05) is 12.1 Å². The van der Waals surface area contributed by atoms with Crippen molar-refractivity contribution in [3.63, 3.8) is 0 Å². The summed E-state index contributed by atoms with van der Waals surface area (Å²) in [5, 5.41) is 0. The molecule has 0 aromatic heterocycles. The summed E-state index contributed by atoms with van der Waals surface area (Å²) in [6.45, 7) is 0.